The number of aromatic nitrogens is 4. The lowest BCUT2D eigenvalue weighted by molar-refractivity contribution is -0.136. The Balaban J connectivity index is 1.11. The second-order valence-corrected chi connectivity index (χ2v) is 11.8. The number of nitrogens with zero attached hydrogens (tertiary/aromatic N) is 5. The van der Waals surface area contributed by atoms with Crippen LogP contribution in [0, 0.1) is 11.6 Å². The number of imidazole rings is 2. The van der Waals surface area contributed by atoms with Crippen molar-refractivity contribution in [3.8, 4) is 11.5 Å². The van der Waals surface area contributed by atoms with Gasteiger partial charge in [0, 0.05) is 36.4 Å². The van der Waals surface area contributed by atoms with Gasteiger partial charge in [-0.3, -0.25) is 9.69 Å². The molecule has 46 heavy (non-hydrogen) atoms. The van der Waals surface area contributed by atoms with E-state index in [0.717, 1.165) is 66.7 Å². The molecular formula is C34H34ClF2N5O4. The Morgan fingerprint density at radius 2 is 1.87 bits per heavy atom. The Morgan fingerprint density at radius 1 is 1.04 bits per heavy atom. The van der Waals surface area contributed by atoms with Crippen molar-refractivity contribution in [1.29, 1.82) is 0 Å². The summed E-state index contributed by atoms with van der Waals surface area (Å²) in [7, 11) is 0. The van der Waals surface area contributed by atoms with Gasteiger partial charge in [0.1, 0.15) is 30.1 Å². The third-order valence-corrected chi connectivity index (χ3v) is 8.44. The lowest BCUT2D eigenvalue weighted by Gasteiger charge is -2.32. The number of halogens is 3. The standard InChI is InChI=1S/C34H34ClF2N5O4/c1-2-41-21-38-17-25(41)18-42-31-13-22(14-34(43)44)3-7-30(31)39-33(42)19-40-11-9-26(10-12-40)46-27-5-6-28(36)23(15-27)20-45-32-8-4-24(35)16-29(32)37/h3-8,13,15-17,21,26H,2,9-12,14,18-20H2,1H3,(H,43,44). The fourth-order valence-corrected chi connectivity index (χ4v) is 5.95. The summed E-state index contributed by atoms with van der Waals surface area (Å²) in [5.41, 5.74) is 3.74. The van der Waals surface area contributed by atoms with E-state index in [1.54, 1.807) is 12.1 Å². The number of carboxylic acids is 1. The molecule has 1 aliphatic heterocycles. The maximum Gasteiger partial charge on any atom is 0.307 e. The maximum atomic E-state index is 14.5. The zero-order chi connectivity index (χ0) is 32.2. The third kappa shape index (κ3) is 7.32. The molecule has 3 heterocycles. The first kappa shape index (κ1) is 31.5. The van der Waals surface area contributed by atoms with Gasteiger partial charge >= 0.3 is 5.97 Å². The van der Waals surface area contributed by atoms with E-state index in [1.165, 1.54) is 18.2 Å². The van der Waals surface area contributed by atoms with Crippen LogP contribution in [0.5, 0.6) is 11.5 Å². The molecule has 5 aromatic rings. The van der Waals surface area contributed by atoms with Gasteiger partial charge in [-0.1, -0.05) is 17.7 Å². The van der Waals surface area contributed by atoms with Crippen LogP contribution in [0.25, 0.3) is 11.0 Å². The topological polar surface area (TPSA) is 94.6 Å². The van der Waals surface area contributed by atoms with Crippen LogP contribution in [0.4, 0.5) is 8.78 Å². The predicted octanol–water partition coefficient (Wildman–Crippen LogP) is 6.48. The number of aryl methyl sites for hydroxylation is 1. The molecule has 240 valence electrons. The van der Waals surface area contributed by atoms with Crippen LogP contribution in [-0.2, 0) is 37.5 Å². The second-order valence-electron chi connectivity index (χ2n) is 11.4. The molecule has 12 heteroatoms. The zero-order valence-electron chi connectivity index (χ0n) is 25.3. The van der Waals surface area contributed by atoms with Gasteiger partial charge in [-0.05, 0) is 73.9 Å². The Morgan fingerprint density at radius 3 is 2.63 bits per heavy atom. The number of carbonyl (C=O) groups is 1. The van der Waals surface area contributed by atoms with Crippen molar-refractivity contribution >= 4 is 28.6 Å². The largest absolute Gasteiger partial charge is 0.490 e. The maximum absolute atomic E-state index is 14.5. The van der Waals surface area contributed by atoms with Gasteiger partial charge in [-0.2, -0.15) is 0 Å². The number of piperidine rings is 1. The number of hydrogen-bond acceptors (Lipinski definition) is 6. The van der Waals surface area contributed by atoms with Gasteiger partial charge in [-0.25, -0.2) is 18.7 Å². The highest BCUT2D eigenvalue weighted by Crippen LogP contribution is 2.27. The normalized spacial score (nSPS) is 14.2. The fourth-order valence-electron chi connectivity index (χ4n) is 5.79. The number of benzene rings is 3. The summed E-state index contributed by atoms with van der Waals surface area (Å²) < 4.78 is 44.6. The van der Waals surface area contributed by atoms with Gasteiger partial charge < -0.3 is 23.7 Å². The molecule has 0 aliphatic carbocycles. The Labute approximate surface area is 270 Å². The van der Waals surface area contributed by atoms with Crippen LogP contribution in [0.15, 0.2) is 67.1 Å². The Kier molecular flexibility index (Phi) is 9.51. The first-order chi connectivity index (χ1) is 22.2. The van der Waals surface area contributed by atoms with Crippen molar-refractivity contribution in [2.24, 2.45) is 0 Å². The van der Waals surface area contributed by atoms with E-state index in [1.807, 2.05) is 30.7 Å². The monoisotopic (exact) mass is 649 g/mol. The van der Waals surface area contributed by atoms with Crippen molar-refractivity contribution in [3.63, 3.8) is 0 Å². The lowest BCUT2D eigenvalue weighted by atomic mass is 10.1. The fraction of sp³-hybridized carbons (Fsp3) is 0.324. The molecule has 1 fully saturated rings. The molecule has 9 nitrogen and oxygen atoms in total. The molecule has 0 unspecified atom stereocenters. The molecule has 0 radical (unpaired) electrons. The van der Waals surface area contributed by atoms with E-state index in [-0.39, 0.29) is 35.5 Å². The van der Waals surface area contributed by atoms with Crippen molar-refractivity contribution in [3.05, 3.63) is 106 Å². The molecule has 0 atom stereocenters. The zero-order valence-corrected chi connectivity index (χ0v) is 26.1. The number of rotatable bonds is 12. The Bertz CT molecular complexity index is 1850. The SMILES string of the molecule is CCn1cncc1Cn1c(CN2CCC(Oc3ccc(F)c(COc4ccc(Cl)cc4F)c3)CC2)nc2ccc(CC(=O)O)cc21. The smallest absolute Gasteiger partial charge is 0.307 e. The number of fused-ring (bicyclic) bond motifs is 1. The highest BCUT2D eigenvalue weighted by molar-refractivity contribution is 6.30. The highest BCUT2D eigenvalue weighted by Gasteiger charge is 2.24. The van der Waals surface area contributed by atoms with Crippen LogP contribution in [0.2, 0.25) is 5.02 Å². The van der Waals surface area contributed by atoms with Crippen LogP contribution < -0.4 is 9.47 Å². The van der Waals surface area contributed by atoms with Crippen LogP contribution in [0.1, 0.15) is 42.4 Å². The second kappa shape index (κ2) is 13.9. The summed E-state index contributed by atoms with van der Waals surface area (Å²) in [4.78, 5) is 23.0. The van der Waals surface area contributed by atoms with E-state index in [9.17, 15) is 18.7 Å². The van der Waals surface area contributed by atoms with Crippen LogP contribution in [-0.4, -0.2) is 54.3 Å². The summed E-state index contributed by atoms with van der Waals surface area (Å²) in [6.45, 7) is 5.44. The van der Waals surface area contributed by atoms with E-state index in [4.69, 9.17) is 26.1 Å². The molecule has 2 aromatic heterocycles. The summed E-state index contributed by atoms with van der Waals surface area (Å²) in [5, 5.41) is 9.59. The lowest BCUT2D eigenvalue weighted by Crippen LogP contribution is -2.38. The van der Waals surface area contributed by atoms with Crippen molar-refractivity contribution in [1.82, 2.24) is 24.0 Å². The number of carboxylic acid groups (broad SMARTS) is 1. The minimum atomic E-state index is -0.877. The average Bonchev–Trinajstić information content (AvgIpc) is 3.62. The molecule has 0 bridgehead atoms. The number of aliphatic carboxylic acids is 1. The Hall–Kier alpha value is -4.48. The number of hydrogen-bond donors (Lipinski definition) is 1. The van der Waals surface area contributed by atoms with Crippen LogP contribution in [0.3, 0.4) is 0 Å². The van der Waals surface area contributed by atoms with Gasteiger partial charge in [0.15, 0.2) is 11.6 Å². The first-order valence-electron chi connectivity index (χ1n) is 15.2. The predicted molar refractivity (Wildman–Crippen MR) is 169 cm³/mol. The molecule has 6 rings (SSSR count). The quantitative estimate of drug-likeness (QED) is 0.165. The average molecular weight is 650 g/mol. The van der Waals surface area contributed by atoms with E-state index < -0.39 is 17.6 Å². The van der Waals surface area contributed by atoms with Crippen molar-refractivity contribution in [2.45, 2.75) is 58.5 Å². The van der Waals surface area contributed by atoms with E-state index in [0.29, 0.717) is 18.8 Å². The van der Waals surface area contributed by atoms with Gasteiger partial charge in [0.2, 0.25) is 0 Å². The molecule has 3 aromatic carbocycles. The molecule has 1 N–H and O–H groups in total. The van der Waals surface area contributed by atoms with Crippen molar-refractivity contribution in [2.75, 3.05) is 13.1 Å². The number of likely N-dealkylation sites (tertiary alicyclic amines) is 1. The number of ether oxygens (including phenoxy) is 2. The minimum Gasteiger partial charge on any atom is -0.490 e. The molecule has 0 amide bonds. The van der Waals surface area contributed by atoms with E-state index >= 15 is 0 Å². The summed E-state index contributed by atoms with van der Waals surface area (Å²) in [6.07, 6.45) is 5.09. The summed E-state index contributed by atoms with van der Waals surface area (Å²) >= 11 is 5.80. The molecule has 1 saturated heterocycles. The van der Waals surface area contributed by atoms with Crippen molar-refractivity contribution < 1.29 is 28.2 Å². The van der Waals surface area contributed by atoms with Gasteiger partial charge in [-0.15, -0.1) is 0 Å². The molecule has 0 spiro atoms. The summed E-state index contributed by atoms with van der Waals surface area (Å²) in [6, 6.07) is 14.2. The minimum absolute atomic E-state index is 0.00675. The molecule has 1 aliphatic rings. The molecule has 0 saturated carbocycles. The van der Waals surface area contributed by atoms with E-state index in [2.05, 4.69) is 25.9 Å². The third-order valence-electron chi connectivity index (χ3n) is 8.20. The highest BCUT2D eigenvalue weighted by atomic mass is 35.5. The first-order valence-corrected chi connectivity index (χ1v) is 15.6. The van der Waals surface area contributed by atoms with Crippen LogP contribution >= 0.6 is 11.6 Å². The van der Waals surface area contributed by atoms with Gasteiger partial charge in [0.25, 0.3) is 0 Å². The molecular weight excluding hydrogens is 616 g/mol. The summed E-state index contributed by atoms with van der Waals surface area (Å²) in [5.74, 6) is -0.534. The van der Waals surface area contributed by atoms with Gasteiger partial charge in [0.05, 0.1) is 42.6 Å².